The molecule has 1 aromatic heterocycles. The van der Waals surface area contributed by atoms with Crippen LogP contribution in [-0.4, -0.2) is 41.0 Å². The minimum absolute atomic E-state index is 0.235. The zero-order valence-corrected chi connectivity index (χ0v) is 13.9. The lowest BCUT2D eigenvalue weighted by Gasteiger charge is -2.36. The summed E-state index contributed by atoms with van der Waals surface area (Å²) in [5.41, 5.74) is 0.433. The predicted octanol–water partition coefficient (Wildman–Crippen LogP) is 2.67. The van der Waals surface area contributed by atoms with Gasteiger partial charge < -0.3 is 15.0 Å². The summed E-state index contributed by atoms with van der Waals surface area (Å²) in [6.07, 6.45) is 2.97. The number of alkyl carbamates (subject to hydrolysis) is 1. The van der Waals surface area contributed by atoms with Crippen molar-refractivity contribution in [2.75, 3.05) is 18.0 Å². The molecule has 0 saturated carbocycles. The molecule has 122 valence electrons. The fourth-order valence-corrected chi connectivity index (χ4v) is 2.57. The minimum atomic E-state index is -0.473. The molecule has 1 N–H and O–H groups in total. The van der Waals surface area contributed by atoms with E-state index in [1.165, 1.54) is 0 Å². The van der Waals surface area contributed by atoms with Crippen molar-refractivity contribution in [3.8, 4) is 0 Å². The average Bonchev–Trinajstić information content (AvgIpc) is 2.45. The van der Waals surface area contributed by atoms with Gasteiger partial charge in [-0.1, -0.05) is 0 Å². The second-order valence-electron chi connectivity index (χ2n) is 6.76. The number of carbonyl (C=O) groups is 1. The molecule has 1 saturated heterocycles. The van der Waals surface area contributed by atoms with E-state index in [0.717, 1.165) is 37.3 Å². The molecule has 0 bridgehead atoms. The number of anilines is 1. The van der Waals surface area contributed by atoms with E-state index in [4.69, 9.17) is 4.74 Å². The molecule has 1 amide bonds. The quantitative estimate of drug-likeness (QED) is 0.930. The number of hydrogen-bond donors (Lipinski definition) is 1. The molecule has 0 radical (unpaired) electrons. The van der Waals surface area contributed by atoms with Crippen molar-refractivity contribution >= 4 is 11.9 Å². The number of ether oxygens (including phenoxy) is 1. The lowest BCUT2D eigenvalue weighted by atomic mass is 10.0. The Labute approximate surface area is 132 Å². The SMILES string of the molecule is Cc1ccc(N2CCCC[C@H]2CNC(=O)OC(C)(C)C)nn1. The maximum Gasteiger partial charge on any atom is 0.407 e. The maximum atomic E-state index is 11.8. The van der Waals surface area contributed by atoms with Crippen LogP contribution in [0.3, 0.4) is 0 Å². The molecule has 22 heavy (non-hydrogen) atoms. The van der Waals surface area contributed by atoms with Crippen LogP contribution in [0.4, 0.5) is 10.6 Å². The van der Waals surface area contributed by atoms with Crippen molar-refractivity contribution in [3.05, 3.63) is 17.8 Å². The standard InChI is InChI=1S/C16H26N4O2/c1-12-8-9-14(19-18-12)20-10-6-5-7-13(20)11-17-15(21)22-16(2,3)4/h8-9,13H,5-7,10-11H2,1-4H3,(H,17,21)/t13-/m0/s1. The third-order valence-corrected chi connectivity index (χ3v) is 3.59. The molecule has 0 aliphatic carbocycles. The fourth-order valence-electron chi connectivity index (χ4n) is 2.57. The summed E-state index contributed by atoms with van der Waals surface area (Å²) in [7, 11) is 0. The molecule has 2 rings (SSSR count). The van der Waals surface area contributed by atoms with Crippen molar-refractivity contribution in [3.63, 3.8) is 0 Å². The molecule has 6 nitrogen and oxygen atoms in total. The van der Waals surface area contributed by atoms with Gasteiger partial charge in [0.1, 0.15) is 5.60 Å². The molecule has 1 aliphatic rings. The summed E-state index contributed by atoms with van der Waals surface area (Å²) in [4.78, 5) is 14.0. The number of piperidine rings is 1. The molecule has 0 aromatic carbocycles. The van der Waals surface area contributed by atoms with Crippen LogP contribution >= 0.6 is 0 Å². The van der Waals surface area contributed by atoms with E-state index in [2.05, 4.69) is 20.4 Å². The van der Waals surface area contributed by atoms with Gasteiger partial charge in [0.25, 0.3) is 0 Å². The zero-order valence-electron chi connectivity index (χ0n) is 13.9. The second kappa shape index (κ2) is 6.94. The first-order chi connectivity index (χ1) is 10.3. The van der Waals surface area contributed by atoms with Gasteiger partial charge in [-0.3, -0.25) is 0 Å². The van der Waals surface area contributed by atoms with Crippen LogP contribution in [0.25, 0.3) is 0 Å². The van der Waals surface area contributed by atoms with Crippen molar-refractivity contribution in [1.29, 1.82) is 0 Å². The van der Waals surface area contributed by atoms with E-state index in [-0.39, 0.29) is 12.1 Å². The van der Waals surface area contributed by atoms with Crippen LogP contribution in [-0.2, 0) is 4.74 Å². The van der Waals surface area contributed by atoms with Crippen molar-refractivity contribution in [1.82, 2.24) is 15.5 Å². The molecule has 1 atom stereocenters. The van der Waals surface area contributed by atoms with E-state index in [0.29, 0.717) is 6.54 Å². The van der Waals surface area contributed by atoms with Crippen LogP contribution in [0.2, 0.25) is 0 Å². The van der Waals surface area contributed by atoms with Gasteiger partial charge in [-0.25, -0.2) is 4.79 Å². The van der Waals surface area contributed by atoms with Gasteiger partial charge in [-0.15, -0.1) is 5.10 Å². The second-order valence-corrected chi connectivity index (χ2v) is 6.76. The van der Waals surface area contributed by atoms with Gasteiger partial charge in [0.05, 0.1) is 5.69 Å². The highest BCUT2D eigenvalue weighted by molar-refractivity contribution is 5.67. The smallest absolute Gasteiger partial charge is 0.407 e. The van der Waals surface area contributed by atoms with E-state index in [9.17, 15) is 4.79 Å². The molecule has 0 unspecified atom stereocenters. The van der Waals surface area contributed by atoms with Gasteiger partial charge >= 0.3 is 6.09 Å². The number of aryl methyl sites for hydroxylation is 1. The summed E-state index contributed by atoms with van der Waals surface area (Å²) in [5.74, 6) is 0.876. The molecular weight excluding hydrogens is 280 g/mol. The maximum absolute atomic E-state index is 11.8. The van der Waals surface area contributed by atoms with Crippen LogP contribution in [0, 0.1) is 6.92 Å². The number of rotatable bonds is 3. The minimum Gasteiger partial charge on any atom is -0.444 e. The summed E-state index contributed by atoms with van der Waals surface area (Å²) < 4.78 is 5.29. The number of carbonyl (C=O) groups excluding carboxylic acids is 1. The Morgan fingerprint density at radius 1 is 1.36 bits per heavy atom. The first-order valence-corrected chi connectivity index (χ1v) is 7.89. The van der Waals surface area contributed by atoms with Crippen molar-refractivity contribution in [2.24, 2.45) is 0 Å². The van der Waals surface area contributed by atoms with E-state index < -0.39 is 5.60 Å². The summed E-state index contributed by atoms with van der Waals surface area (Å²) in [6.45, 7) is 9.02. The Morgan fingerprint density at radius 2 is 2.14 bits per heavy atom. The Bertz CT molecular complexity index is 496. The Balaban J connectivity index is 1.95. The third kappa shape index (κ3) is 4.86. The highest BCUT2D eigenvalue weighted by Gasteiger charge is 2.25. The number of hydrogen-bond acceptors (Lipinski definition) is 5. The Kier molecular flexibility index (Phi) is 5.21. The van der Waals surface area contributed by atoms with E-state index >= 15 is 0 Å². The van der Waals surface area contributed by atoms with Gasteiger partial charge in [0.2, 0.25) is 0 Å². The molecular formula is C16H26N4O2. The lowest BCUT2D eigenvalue weighted by Crippen LogP contribution is -2.48. The molecule has 0 spiro atoms. The Hall–Kier alpha value is -1.85. The Morgan fingerprint density at radius 3 is 2.77 bits per heavy atom. The van der Waals surface area contributed by atoms with Crippen molar-refractivity contribution in [2.45, 2.75) is 58.6 Å². The van der Waals surface area contributed by atoms with Gasteiger partial charge in [-0.05, 0) is 59.1 Å². The molecule has 2 heterocycles. The van der Waals surface area contributed by atoms with Gasteiger partial charge in [0.15, 0.2) is 5.82 Å². The molecule has 1 aliphatic heterocycles. The fraction of sp³-hybridized carbons (Fsp3) is 0.688. The number of aromatic nitrogens is 2. The number of amides is 1. The van der Waals surface area contributed by atoms with Gasteiger partial charge in [0, 0.05) is 19.1 Å². The zero-order chi connectivity index (χ0) is 16.2. The van der Waals surface area contributed by atoms with Gasteiger partial charge in [-0.2, -0.15) is 5.10 Å². The van der Waals surface area contributed by atoms with Crippen LogP contribution in [0.15, 0.2) is 12.1 Å². The normalized spacial score (nSPS) is 18.9. The molecule has 1 fully saturated rings. The summed E-state index contributed by atoms with van der Waals surface area (Å²) in [5, 5.41) is 11.3. The van der Waals surface area contributed by atoms with E-state index in [1.807, 2.05) is 39.8 Å². The van der Waals surface area contributed by atoms with E-state index in [1.54, 1.807) is 0 Å². The highest BCUT2D eigenvalue weighted by atomic mass is 16.6. The third-order valence-electron chi connectivity index (χ3n) is 3.59. The number of nitrogens with one attached hydrogen (secondary N) is 1. The average molecular weight is 306 g/mol. The molecule has 1 aromatic rings. The summed E-state index contributed by atoms with van der Waals surface area (Å²) in [6, 6.07) is 4.20. The monoisotopic (exact) mass is 306 g/mol. The van der Waals surface area contributed by atoms with Crippen LogP contribution in [0.5, 0.6) is 0 Å². The predicted molar refractivity (Wildman–Crippen MR) is 86.0 cm³/mol. The lowest BCUT2D eigenvalue weighted by molar-refractivity contribution is 0.0523. The highest BCUT2D eigenvalue weighted by Crippen LogP contribution is 2.22. The first-order valence-electron chi connectivity index (χ1n) is 7.89. The first kappa shape index (κ1) is 16.5. The largest absolute Gasteiger partial charge is 0.444 e. The van der Waals surface area contributed by atoms with Crippen LogP contribution < -0.4 is 10.2 Å². The molecule has 6 heteroatoms. The summed E-state index contributed by atoms with van der Waals surface area (Å²) >= 11 is 0. The van der Waals surface area contributed by atoms with Crippen molar-refractivity contribution < 1.29 is 9.53 Å². The topological polar surface area (TPSA) is 67.4 Å². The van der Waals surface area contributed by atoms with Crippen LogP contribution in [0.1, 0.15) is 45.7 Å². The number of nitrogens with zero attached hydrogens (tertiary/aromatic N) is 3.